The molecule has 1 aliphatic rings. The van der Waals surface area contributed by atoms with E-state index in [2.05, 4.69) is 17.5 Å². The molecule has 2 rings (SSSR count). The Labute approximate surface area is 69.5 Å². The average Bonchev–Trinajstić information content (AvgIpc) is 2.21. The number of rotatable bonds is 0. The van der Waals surface area contributed by atoms with Crippen LogP contribution >= 0.6 is 30.6 Å². The molecule has 1 aromatic heterocycles. The predicted molar refractivity (Wildman–Crippen MR) is 52.4 cm³/mol. The lowest BCUT2D eigenvalue weighted by atomic mass is 10.4. The van der Waals surface area contributed by atoms with E-state index in [1.807, 2.05) is 6.07 Å². The van der Waals surface area contributed by atoms with Crippen LogP contribution in [0.5, 0.6) is 0 Å². The summed E-state index contributed by atoms with van der Waals surface area (Å²) in [6, 6.07) is 2.00. The molecule has 0 fully saturated rings. The lowest BCUT2D eigenvalue weighted by molar-refractivity contribution is 1.86. The third-order valence-electron chi connectivity index (χ3n) is 1.41. The number of hydrogen-bond donors (Lipinski definition) is 1. The van der Waals surface area contributed by atoms with Crippen LogP contribution in [-0.4, -0.2) is 12.5 Å². The Morgan fingerprint density at radius 1 is 1.70 bits per heavy atom. The third kappa shape index (κ3) is 1.01. The van der Waals surface area contributed by atoms with Crippen LogP contribution in [0.3, 0.4) is 0 Å². The van der Waals surface area contributed by atoms with Gasteiger partial charge >= 0.3 is 0 Å². The fourth-order valence-electron chi connectivity index (χ4n) is 1.02. The van der Waals surface area contributed by atoms with E-state index in [0.717, 1.165) is 4.34 Å². The summed E-state index contributed by atoms with van der Waals surface area (Å²) in [6.45, 7) is 2.23. The van der Waals surface area contributed by atoms with Crippen LogP contribution in [-0.2, 0) is 0 Å². The molecule has 0 saturated heterocycles. The lowest BCUT2D eigenvalue weighted by Crippen LogP contribution is -1.75. The summed E-state index contributed by atoms with van der Waals surface area (Å²) in [5.74, 6) is 2.29. The summed E-state index contributed by atoms with van der Waals surface area (Å²) >= 11 is 7.45. The molecule has 0 bridgehead atoms. The van der Waals surface area contributed by atoms with E-state index in [-0.39, 0.29) is 0 Å². The van der Waals surface area contributed by atoms with E-state index in [0.29, 0.717) is 0 Å². The Balaban J connectivity index is 2.53. The zero-order valence-corrected chi connectivity index (χ0v) is 8.01. The number of anilines is 1. The molecule has 0 spiro atoms. The Bertz CT molecular complexity index is 305. The van der Waals surface area contributed by atoms with E-state index in [1.165, 1.54) is 10.6 Å². The molecule has 1 N–H and O–H groups in total. The fourth-order valence-corrected chi connectivity index (χ4v) is 4.10. The van der Waals surface area contributed by atoms with E-state index in [1.54, 1.807) is 11.3 Å². The van der Waals surface area contributed by atoms with Crippen molar-refractivity contribution < 1.29 is 0 Å². The standard InChI is InChI=1S/C6H7ClNPS/c1-9-3-5-4(8-9)2-6(7)10-5/h2-3,8-9H,1H3. The minimum Gasteiger partial charge on any atom is -0.367 e. The maximum Gasteiger partial charge on any atom is 0.0956 e. The normalized spacial score (nSPS) is 21.6. The van der Waals surface area contributed by atoms with Gasteiger partial charge in [-0.15, -0.1) is 11.3 Å². The molecule has 0 aromatic carbocycles. The highest BCUT2D eigenvalue weighted by Crippen LogP contribution is 2.39. The van der Waals surface area contributed by atoms with E-state index < -0.39 is 7.70 Å². The second kappa shape index (κ2) is 2.30. The van der Waals surface area contributed by atoms with Crippen molar-refractivity contribution in [3.05, 3.63) is 15.3 Å². The number of halogens is 1. The highest BCUT2D eigenvalue weighted by molar-refractivity contribution is 7.60. The summed E-state index contributed by atoms with van der Waals surface area (Å²) in [4.78, 5) is 1.32. The molecule has 0 amide bonds. The van der Waals surface area contributed by atoms with Crippen molar-refractivity contribution >= 4 is 42.1 Å². The largest absolute Gasteiger partial charge is 0.367 e. The highest BCUT2D eigenvalue weighted by Gasteiger charge is 2.10. The first-order chi connectivity index (χ1) is 4.75. The van der Waals surface area contributed by atoms with E-state index in [9.17, 15) is 0 Å². The van der Waals surface area contributed by atoms with Crippen molar-refractivity contribution in [2.75, 3.05) is 11.8 Å². The fraction of sp³-hybridized carbons (Fsp3) is 0.167. The van der Waals surface area contributed by atoms with Gasteiger partial charge in [0.2, 0.25) is 0 Å². The SMILES string of the molecule is C[PH]1=Cc2sc(Cl)cc2N1. The molecule has 10 heavy (non-hydrogen) atoms. The van der Waals surface area contributed by atoms with Crippen LogP contribution in [0, 0.1) is 0 Å². The van der Waals surface area contributed by atoms with Gasteiger partial charge in [-0.1, -0.05) is 11.6 Å². The second-order valence-electron chi connectivity index (χ2n) is 2.28. The molecule has 1 atom stereocenters. The predicted octanol–water partition coefficient (Wildman–Crippen LogP) is 2.74. The molecule has 0 aliphatic carbocycles. The van der Waals surface area contributed by atoms with Gasteiger partial charge in [0.1, 0.15) is 0 Å². The molecule has 2 heterocycles. The third-order valence-corrected chi connectivity index (χ3v) is 4.22. The first-order valence-corrected chi connectivity index (χ1v) is 6.27. The van der Waals surface area contributed by atoms with Gasteiger partial charge in [-0.2, -0.15) is 0 Å². The summed E-state index contributed by atoms with van der Waals surface area (Å²) in [6.07, 6.45) is 0. The van der Waals surface area contributed by atoms with Crippen LogP contribution in [0.15, 0.2) is 6.07 Å². The topological polar surface area (TPSA) is 12.0 Å². The maximum atomic E-state index is 5.80. The molecular weight excluding hydrogens is 185 g/mol. The number of fused-ring (bicyclic) bond motifs is 1. The first-order valence-electron chi connectivity index (χ1n) is 3.00. The Kier molecular flexibility index (Phi) is 1.56. The van der Waals surface area contributed by atoms with Gasteiger partial charge in [0.15, 0.2) is 0 Å². The van der Waals surface area contributed by atoms with E-state index in [4.69, 9.17) is 11.6 Å². The smallest absolute Gasteiger partial charge is 0.0956 e. The lowest BCUT2D eigenvalue weighted by Gasteiger charge is -1.94. The van der Waals surface area contributed by atoms with Crippen LogP contribution in [0.25, 0.3) is 0 Å². The zero-order chi connectivity index (χ0) is 7.14. The minimum absolute atomic E-state index is 0.411. The molecule has 1 aromatic rings. The molecule has 54 valence electrons. The molecule has 0 saturated carbocycles. The zero-order valence-electron chi connectivity index (χ0n) is 5.44. The maximum absolute atomic E-state index is 5.80. The molecule has 1 unspecified atom stereocenters. The number of thiophene rings is 1. The highest BCUT2D eigenvalue weighted by atomic mass is 35.5. The Morgan fingerprint density at radius 2 is 2.50 bits per heavy atom. The quantitative estimate of drug-likeness (QED) is 0.622. The monoisotopic (exact) mass is 191 g/mol. The summed E-state index contributed by atoms with van der Waals surface area (Å²) in [5.41, 5.74) is 1.23. The molecule has 0 radical (unpaired) electrons. The second-order valence-corrected chi connectivity index (χ2v) is 5.90. The Hall–Kier alpha value is 0.0900. The van der Waals surface area contributed by atoms with Crippen molar-refractivity contribution in [1.82, 2.24) is 0 Å². The Morgan fingerprint density at radius 3 is 3.20 bits per heavy atom. The number of nitrogens with one attached hydrogen (secondary N) is 1. The number of hydrogen-bond acceptors (Lipinski definition) is 2. The van der Waals surface area contributed by atoms with Crippen LogP contribution in [0.2, 0.25) is 4.34 Å². The van der Waals surface area contributed by atoms with Crippen molar-refractivity contribution in [2.45, 2.75) is 0 Å². The van der Waals surface area contributed by atoms with Crippen LogP contribution < -0.4 is 5.09 Å². The van der Waals surface area contributed by atoms with Gasteiger partial charge in [-0.25, -0.2) is 0 Å². The molecule has 1 aliphatic heterocycles. The van der Waals surface area contributed by atoms with Crippen LogP contribution in [0.1, 0.15) is 4.88 Å². The first kappa shape index (κ1) is 6.78. The molecule has 1 nitrogen and oxygen atoms in total. The van der Waals surface area contributed by atoms with Crippen molar-refractivity contribution in [3.63, 3.8) is 0 Å². The van der Waals surface area contributed by atoms with Crippen LogP contribution in [0.4, 0.5) is 5.69 Å². The van der Waals surface area contributed by atoms with Gasteiger partial charge in [-0.3, -0.25) is 0 Å². The molecule has 4 heteroatoms. The van der Waals surface area contributed by atoms with Crippen molar-refractivity contribution in [1.29, 1.82) is 0 Å². The van der Waals surface area contributed by atoms with Gasteiger partial charge < -0.3 is 5.09 Å². The van der Waals surface area contributed by atoms with Crippen molar-refractivity contribution in [2.24, 2.45) is 0 Å². The van der Waals surface area contributed by atoms with Gasteiger partial charge in [-0.05, 0) is 26.2 Å². The van der Waals surface area contributed by atoms with Gasteiger partial charge in [0.25, 0.3) is 0 Å². The van der Waals surface area contributed by atoms with Gasteiger partial charge in [0, 0.05) is 0 Å². The van der Waals surface area contributed by atoms with Gasteiger partial charge in [0.05, 0.1) is 14.9 Å². The average molecular weight is 192 g/mol. The molecular formula is C6H7ClNPS. The summed E-state index contributed by atoms with van der Waals surface area (Å²) < 4.78 is 0.878. The van der Waals surface area contributed by atoms with E-state index >= 15 is 0 Å². The summed E-state index contributed by atoms with van der Waals surface area (Å²) in [5, 5.41) is 3.39. The summed E-state index contributed by atoms with van der Waals surface area (Å²) in [7, 11) is -0.411. The minimum atomic E-state index is -0.411. The van der Waals surface area contributed by atoms with Crippen molar-refractivity contribution in [3.8, 4) is 0 Å².